The highest BCUT2D eigenvalue weighted by molar-refractivity contribution is 9.10. The number of primary amides is 1. The van der Waals surface area contributed by atoms with Crippen molar-refractivity contribution in [3.05, 3.63) is 62.9 Å². The van der Waals surface area contributed by atoms with Crippen LogP contribution in [0.4, 0.5) is 0 Å². The van der Waals surface area contributed by atoms with Gasteiger partial charge in [0.15, 0.2) is 5.16 Å². The van der Waals surface area contributed by atoms with E-state index in [1.807, 2.05) is 36.4 Å². The standard InChI is InChI=1S/C22H24BrN3O3S/c1-29-19-11-10-16(23)13-15(19)14-30-22-25-18-8-5-4-7-17(18)21(28)26(22)12-6-2-3-9-20(24)27/h4-5,7-8,10-11,13H,2-3,6,9,12,14H2,1H3,(H2,24,27). The Kier molecular flexibility index (Phi) is 7.93. The van der Waals surface area contributed by atoms with Crippen molar-refractivity contribution in [3.8, 4) is 5.75 Å². The van der Waals surface area contributed by atoms with E-state index in [0.29, 0.717) is 34.8 Å². The molecule has 1 aromatic heterocycles. The lowest BCUT2D eigenvalue weighted by atomic mass is 10.2. The molecule has 0 saturated heterocycles. The predicted molar refractivity (Wildman–Crippen MR) is 124 cm³/mol. The van der Waals surface area contributed by atoms with Gasteiger partial charge in [-0.2, -0.15) is 0 Å². The van der Waals surface area contributed by atoms with Gasteiger partial charge in [-0.3, -0.25) is 14.2 Å². The summed E-state index contributed by atoms with van der Waals surface area (Å²) in [6, 6.07) is 13.3. The van der Waals surface area contributed by atoms with Crippen LogP contribution in [0.3, 0.4) is 0 Å². The topological polar surface area (TPSA) is 87.2 Å². The molecule has 0 aliphatic carbocycles. The highest BCUT2D eigenvalue weighted by atomic mass is 79.9. The molecule has 8 heteroatoms. The minimum atomic E-state index is -0.293. The molecule has 0 unspecified atom stereocenters. The van der Waals surface area contributed by atoms with Crippen molar-refractivity contribution in [2.75, 3.05) is 7.11 Å². The third-order valence-electron chi connectivity index (χ3n) is 4.73. The number of fused-ring (bicyclic) bond motifs is 1. The summed E-state index contributed by atoms with van der Waals surface area (Å²) in [5.41, 5.74) is 6.87. The number of amides is 1. The fraction of sp³-hybridized carbons (Fsp3) is 0.318. The Bertz CT molecular complexity index is 1100. The smallest absolute Gasteiger partial charge is 0.262 e. The van der Waals surface area contributed by atoms with Crippen LogP contribution in [0.2, 0.25) is 0 Å². The Labute approximate surface area is 188 Å². The average Bonchev–Trinajstić information content (AvgIpc) is 2.73. The number of halogens is 1. The Hall–Kier alpha value is -2.32. The normalized spacial score (nSPS) is 11.0. The summed E-state index contributed by atoms with van der Waals surface area (Å²) in [4.78, 5) is 28.8. The Balaban J connectivity index is 1.85. The van der Waals surface area contributed by atoms with Gasteiger partial charge in [-0.1, -0.05) is 46.2 Å². The third-order valence-corrected chi connectivity index (χ3v) is 6.25. The van der Waals surface area contributed by atoms with Gasteiger partial charge in [0.05, 0.1) is 18.0 Å². The Morgan fingerprint density at radius 1 is 1.20 bits per heavy atom. The molecule has 6 nitrogen and oxygen atoms in total. The van der Waals surface area contributed by atoms with E-state index in [1.54, 1.807) is 17.7 Å². The summed E-state index contributed by atoms with van der Waals surface area (Å²) in [5, 5.41) is 1.29. The van der Waals surface area contributed by atoms with Crippen LogP contribution in [-0.4, -0.2) is 22.6 Å². The van der Waals surface area contributed by atoms with E-state index in [-0.39, 0.29) is 11.5 Å². The molecule has 2 aromatic carbocycles. The van der Waals surface area contributed by atoms with Gasteiger partial charge in [-0.25, -0.2) is 4.98 Å². The first kappa shape index (κ1) is 22.4. The maximum absolute atomic E-state index is 13.1. The molecule has 2 N–H and O–H groups in total. The Morgan fingerprint density at radius 2 is 2.00 bits per heavy atom. The molecule has 0 saturated carbocycles. The van der Waals surface area contributed by atoms with Crippen molar-refractivity contribution < 1.29 is 9.53 Å². The summed E-state index contributed by atoms with van der Waals surface area (Å²) in [6.07, 6.45) is 2.70. The average molecular weight is 490 g/mol. The fourth-order valence-corrected chi connectivity index (χ4v) is 4.61. The number of unbranched alkanes of at least 4 members (excludes halogenated alkanes) is 2. The van der Waals surface area contributed by atoms with Crippen molar-refractivity contribution in [3.63, 3.8) is 0 Å². The quantitative estimate of drug-likeness (QED) is 0.257. The lowest BCUT2D eigenvalue weighted by molar-refractivity contribution is -0.118. The monoisotopic (exact) mass is 489 g/mol. The zero-order chi connectivity index (χ0) is 21.5. The van der Waals surface area contributed by atoms with Crippen molar-refractivity contribution >= 4 is 44.5 Å². The van der Waals surface area contributed by atoms with E-state index in [2.05, 4.69) is 15.9 Å². The van der Waals surface area contributed by atoms with Crippen LogP contribution in [0.1, 0.15) is 31.2 Å². The van der Waals surface area contributed by atoms with E-state index < -0.39 is 0 Å². The van der Waals surface area contributed by atoms with Crippen molar-refractivity contribution in [2.24, 2.45) is 5.73 Å². The highest BCUT2D eigenvalue weighted by Gasteiger charge is 2.13. The van der Waals surface area contributed by atoms with Crippen LogP contribution in [0.15, 0.2) is 56.9 Å². The largest absolute Gasteiger partial charge is 0.496 e. The van der Waals surface area contributed by atoms with Gasteiger partial charge in [0.1, 0.15) is 5.75 Å². The summed E-state index contributed by atoms with van der Waals surface area (Å²) in [5.74, 6) is 1.13. The molecule has 0 aliphatic rings. The number of carbonyl (C=O) groups is 1. The van der Waals surface area contributed by atoms with Gasteiger partial charge >= 0.3 is 0 Å². The number of thioether (sulfide) groups is 1. The van der Waals surface area contributed by atoms with Crippen LogP contribution < -0.4 is 16.0 Å². The minimum Gasteiger partial charge on any atom is -0.496 e. The summed E-state index contributed by atoms with van der Waals surface area (Å²) in [7, 11) is 1.65. The zero-order valence-corrected chi connectivity index (χ0v) is 19.2. The van der Waals surface area contributed by atoms with E-state index >= 15 is 0 Å². The molecule has 158 valence electrons. The molecule has 30 heavy (non-hydrogen) atoms. The van der Waals surface area contributed by atoms with E-state index in [1.165, 1.54) is 11.8 Å². The number of rotatable bonds is 10. The van der Waals surface area contributed by atoms with Gasteiger partial charge in [0, 0.05) is 28.8 Å². The van der Waals surface area contributed by atoms with E-state index in [9.17, 15) is 9.59 Å². The molecular formula is C22H24BrN3O3S. The fourth-order valence-electron chi connectivity index (χ4n) is 3.20. The highest BCUT2D eigenvalue weighted by Crippen LogP contribution is 2.30. The first-order chi connectivity index (χ1) is 14.5. The van der Waals surface area contributed by atoms with Gasteiger partial charge in [0.25, 0.3) is 5.56 Å². The number of nitrogens with two attached hydrogens (primary N) is 1. The summed E-state index contributed by atoms with van der Waals surface area (Å²) >= 11 is 5.01. The van der Waals surface area contributed by atoms with Gasteiger partial charge in [-0.15, -0.1) is 0 Å². The van der Waals surface area contributed by atoms with Crippen molar-refractivity contribution in [1.82, 2.24) is 9.55 Å². The predicted octanol–water partition coefficient (Wildman–Crippen LogP) is 4.51. The summed E-state index contributed by atoms with van der Waals surface area (Å²) in [6.45, 7) is 0.549. The molecule has 0 spiro atoms. The summed E-state index contributed by atoms with van der Waals surface area (Å²) < 4.78 is 8.17. The number of nitrogens with zero attached hydrogens (tertiary/aromatic N) is 2. The van der Waals surface area contributed by atoms with Crippen LogP contribution >= 0.6 is 27.7 Å². The molecule has 0 fully saturated rings. The molecular weight excluding hydrogens is 466 g/mol. The molecule has 0 aliphatic heterocycles. The molecule has 0 bridgehead atoms. The molecule has 0 atom stereocenters. The molecule has 1 amide bonds. The number of aromatic nitrogens is 2. The zero-order valence-electron chi connectivity index (χ0n) is 16.8. The second kappa shape index (κ2) is 10.6. The number of ether oxygens (including phenoxy) is 1. The number of hydrogen-bond acceptors (Lipinski definition) is 5. The maximum atomic E-state index is 13.1. The Morgan fingerprint density at radius 3 is 2.77 bits per heavy atom. The number of benzene rings is 2. The van der Waals surface area contributed by atoms with Gasteiger partial charge in [-0.05, 0) is 43.2 Å². The maximum Gasteiger partial charge on any atom is 0.262 e. The number of hydrogen-bond donors (Lipinski definition) is 1. The van der Waals surface area contributed by atoms with Crippen LogP contribution in [-0.2, 0) is 17.1 Å². The van der Waals surface area contributed by atoms with Gasteiger partial charge in [0.2, 0.25) is 5.91 Å². The van der Waals surface area contributed by atoms with Crippen molar-refractivity contribution in [1.29, 1.82) is 0 Å². The second-order valence-corrected chi connectivity index (χ2v) is 8.75. The lowest BCUT2D eigenvalue weighted by Crippen LogP contribution is -2.23. The van der Waals surface area contributed by atoms with E-state index in [4.69, 9.17) is 15.5 Å². The molecule has 0 radical (unpaired) electrons. The first-order valence-electron chi connectivity index (χ1n) is 9.72. The van der Waals surface area contributed by atoms with Gasteiger partial charge < -0.3 is 10.5 Å². The van der Waals surface area contributed by atoms with Crippen LogP contribution in [0, 0.1) is 0 Å². The molecule has 3 rings (SSSR count). The number of para-hydroxylation sites is 1. The number of methoxy groups -OCH3 is 1. The lowest BCUT2D eigenvalue weighted by Gasteiger charge is -2.14. The van der Waals surface area contributed by atoms with Crippen LogP contribution in [0.5, 0.6) is 5.75 Å². The molecule has 1 heterocycles. The van der Waals surface area contributed by atoms with Crippen LogP contribution in [0.25, 0.3) is 10.9 Å². The van der Waals surface area contributed by atoms with E-state index in [0.717, 1.165) is 35.0 Å². The SMILES string of the molecule is COc1ccc(Br)cc1CSc1nc2ccccc2c(=O)n1CCCCCC(N)=O. The minimum absolute atomic E-state index is 0.0424. The first-order valence-corrected chi connectivity index (χ1v) is 11.5. The second-order valence-electron chi connectivity index (χ2n) is 6.89. The third kappa shape index (κ3) is 5.64. The number of carbonyl (C=O) groups excluding carboxylic acids is 1. The molecule has 3 aromatic rings. The van der Waals surface area contributed by atoms with Crippen molar-refractivity contribution in [2.45, 2.75) is 43.1 Å².